The lowest BCUT2D eigenvalue weighted by Gasteiger charge is -2.25. The van der Waals surface area contributed by atoms with E-state index >= 15 is 0 Å². The molecular weight excluding hydrogens is 258 g/mol. The van der Waals surface area contributed by atoms with Gasteiger partial charge in [-0.1, -0.05) is 30.3 Å². The Morgan fingerprint density at radius 3 is 2.40 bits per heavy atom. The van der Waals surface area contributed by atoms with Crippen molar-refractivity contribution in [1.82, 2.24) is 0 Å². The molecule has 0 spiro atoms. The standard InChI is InChI=1S/C17H18F2O/c1-11-7-8-14(9-12(11)2)17(3,20)10-13-5-4-6-15(18)16(13)19/h4-9,20H,10H2,1-3H3. The van der Waals surface area contributed by atoms with Gasteiger partial charge in [0, 0.05) is 6.42 Å². The van der Waals surface area contributed by atoms with Gasteiger partial charge in [-0.15, -0.1) is 0 Å². The van der Waals surface area contributed by atoms with Crippen molar-refractivity contribution in [2.75, 3.05) is 0 Å². The first-order chi connectivity index (χ1) is 9.31. The second-order valence-electron chi connectivity index (χ2n) is 5.46. The number of hydrogen-bond acceptors (Lipinski definition) is 1. The number of hydrogen-bond donors (Lipinski definition) is 1. The summed E-state index contributed by atoms with van der Waals surface area (Å²) < 4.78 is 26.9. The molecule has 2 rings (SSSR count). The monoisotopic (exact) mass is 276 g/mol. The summed E-state index contributed by atoms with van der Waals surface area (Å²) >= 11 is 0. The van der Waals surface area contributed by atoms with E-state index < -0.39 is 17.2 Å². The first-order valence-electron chi connectivity index (χ1n) is 6.54. The van der Waals surface area contributed by atoms with E-state index in [-0.39, 0.29) is 12.0 Å². The van der Waals surface area contributed by atoms with Gasteiger partial charge in [0.1, 0.15) is 0 Å². The van der Waals surface area contributed by atoms with Crippen LogP contribution in [0.4, 0.5) is 8.78 Å². The maximum Gasteiger partial charge on any atom is 0.162 e. The number of halogens is 2. The summed E-state index contributed by atoms with van der Waals surface area (Å²) in [6.07, 6.45) is 0.0269. The van der Waals surface area contributed by atoms with Gasteiger partial charge >= 0.3 is 0 Å². The summed E-state index contributed by atoms with van der Waals surface area (Å²) in [5.74, 6) is -1.78. The fourth-order valence-electron chi connectivity index (χ4n) is 2.23. The molecule has 0 aliphatic rings. The molecule has 1 unspecified atom stereocenters. The van der Waals surface area contributed by atoms with Crippen LogP contribution in [0.3, 0.4) is 0 Å². The summed E-state index contributed by atoms with van der Waals surface area (Å²) in [7, 11) is 0. The quantitative estimate of drug-likeness (QED) is 0.897. The van der Waals surface area contributed by atoms with Crippen LogP contribution >= 0.6 is 0 Å². The maximum absolute atomic E-state index is 13.7. The van der Waals surface area contributed by atoms with Crippen molar-refractivity contribution >= 4 is 0 Å². The molecule has 1 N–H and O–H groups in total. The smallest absolute Gasteiger partial charge is 0.162 e. The minimum Gasteiger partial charge on any atom is -0.385 e. The summed E-state index contributed by atoms with van der Waals surface area (Å²) in [5.41, 5.74) is 1.81. The highest BCUT2D eigenvalue weighted by Crippen LogP contribution is 2.28. The molecule has 3 heteroatoms. The molecular formula is C17H18F2O. The molecule has 0 aromatic heterocycles. The van der Waals surface area contributed by atoms with Crippen molar-refractivity contribution in [3.63, 3.8) is 0 Å². The largest absolute Gasteiger partial charge is 0.385 e. The van der Waals surface area contributed by atoms with Gasteiger partial charge in [-0.05, 0) is 49.1 Å². The molecule has 0 fully saturated rings. The van der Waals surface area contributed by atoms with E-state index in [1.54, 1.807) is 6.92 Å². The molecule has 0 saturated heterocycles. The van der Waals surface area contributed by atoms with Crippen LogP contribution in [0.5, 0.6) is 0 Å². The van der Waals surface area contributed by atoms with Crippen LogP contribution in [-0.4, -0.2) is 5.11 Å². The van der Waals surface area contributed by atoms with Crippen LogP contribution in [0.2, 0.25) is 0 Å². The van der Waals surface area contributed by atoms with Gasteiger partial charge in [0.25, 0.3) is 0 Å². The van der Waals surface area contributed by atoms with Crippen molar-refractivity contribution in [2.45, 2.75) is 32.8 Å². The van der Waals surface area contributed by atoms with Gasteiger partial charge < -0.3 is 5.11 Å². The Kier molecular flexibility index (Phi) is 3.91. The maximum atomic E-state index is 13.7. The van der Waals surface area contributed by atoms with Crippen LogP contribution in [-0.2, 0) is 12.0 Å². The highest BCUT2D eigenvalue weighted by Gasteiger charge is 2.26. The van der Waals surface area contributed by atoms with Crippen LogP contribution in [0.25, 0.3) is 0 Å². The second-order valence-corrected chi connectivity index (χ2v) is 5.46. The van der Waals surface area contributed by atoms with E-state index in [0.717, 1.165) is 17.2 Å². The molecule has 0 aliphatic heterocycles. The average Bonchev–Trinajstić information content (AvgIpc) is 2.38. The molecule has 0 heterocycles. The van der Waals surface area contributed by atoms with Crippen molar-refractivity contribution in [1.29, 1.82) is 0 Å². The summed E-state index contributed by atoms with van der Waals surface area (Å²) in [6.45, 7) is 5.55. The van der Waals surface area contributed by atoms with E-state index in [2.05, 4.69) is 0 Å². The lowest BCUT2D eigenvalue weighted by atomic mass is 9.87. The van der Waals surface area contributed by atoms with Gasteiger partial charge in [0.2, 0.25) is 0 Å². The highest BCUT2D eigenvalue weighted by atomic mass is 19.2. The fourth-order valence-corrected chi connectivity index (χ4v) is 2.23. The number of aryl methyl sites for hydroxylation is 2. The van der Waals surface area contributed by atoms with Gasteiger partial charge in [-0.3, -0.25) is 0 Å². The van der Waals surface area contributed by atoms with Crippen LogP contribution in [0, 0.1) is 25.5 Å². The average molecular weight is 276 g/mol. The molecule has 0 bridgehead atoms. The Hall–Kier alpha value is -1.74. The molecule has 20 heavy (non-hydrogen) atoms. The van der Waals surface area contributed by atoms with E-state index in [1.165, 1.54) is 12.1 Å². The number of aliphatic hydroxyl groups is 1. The normalized spacial score (nSPS) is 14.1. The van der Waals surface area contributed by atoms with Crippen molar-refractivity contribution in [3.8, 4) is 0 Å². The fraction of sp³-hybridized carbons (Fsp3) is 0.294. The topological polar surface area (TPSA) is 20.2 Å². The number of benzene rings is 2. The lowest BCUT2D eigenvalue weighted by molar-refractivity contribution is 0.0565. The molecule has 1 nitrogen and oxygen atoms in total. The molecule has 0 amide bonds. The minimum atomic E-state index is -1.24. The SMILES string of the molecule is Cc1ccc(C(C)(O)Cc2cccc(F)c2F)cc1C. The lowest BCUT2D eigenvalue weighted by Crippen LogP contribution is -2.25. The van der Waals surface area contributed by atoms with Crippen molar-refractivity contribution < 1.29 is 13.9 Å². The Morgan fingerprint density at radius 1 is 1.05 bits per heavy atom. The minimum absolute atomic E-state index is 0.0269. The molecule has 106 valence electrons. The predicted molar refractivity (Wildman–Crippen MR) is 75.5 cm³/mol. The zero-order valence-corrected chi connectivity index (χ0v) is 11.9. The first kappa shape index (κ1) is 14.7. The third-order valence-corrected chi connectivity index (χ3v) is 3.70. The third-order valence-electron chi connectivity index (χ3n) is 3.70. The Labute approximate surface area is 117 Å². The Bertz CT molecular complexity index is 633. The van der Waals surface area contributed by atoms with Crippen molar-refractivity contribution in [3.05, 3.63) is 70.3 Å². The summed E-state index contributed by atoms with van der Waals surface area (Å²) in [6, 6.07) is 9.63. The molecule has 2 aromatic rings. The third kappa shape index (κ3) is 2.88. The van der Waals surface area contributed by atoms with E-state index in [0.29, 0.717) is 5.56 Å². The van der Waals surface area contributed by atoms with E-state index in [9.17, 15) is 13.9 Å². The Balaban J connectivity index is 2.35. The second kappa shape index (κ2) is 5.33. The van der Waals surface area contributed by atoms with Gasteiger partial charge in [-0.2, -0.15) is 0 Å². The summed E-state index contributed by atoms with van der Waals surface area (Å²) in [5, 5.41) is 10.6. The first-order valence-corrected chi connectivity index (χ1v) is 6.54. The molecule has 0 saturated carbocycles. The van der Waals surface area contributed by atoms with Crippen LogP contribution in [0.15, 0.2) is 36.4 Å². The zero-order chi connectivity index (χ0) is 14.9. The van der Waals surface area contributed by atoms with Crippen LogP contribution in [0.1, 0.15) is 29.2 Å². The zero-order valence-electron chi connectivity index (χ0n) is 11.9. The van der Waals surface area contributed by atoms with E-state index in [1.807, 2.05) is 32.0 Å². The van der Waals surface area contributed by atoms with Gasteiger partial charge in [-0.25, -0.2) is 8.78 Å². The molecule has 0 radical (unpaired) electrons. The highest BCUT2D eigenvalue weighted by molar-refractivity contribution is 5.34. The summed E-state index contributed by atoms with van der Waals surface area (Å²) in [4.78, 5) is 0. The number of rotatable bonds is 3. The van der Waals surface area contributed by atoms with Crippen molar-refractivity contribution in [2.24, 2.45) is 0 Å². The molecule has 1 atom stereocenters. The Morgan fingerprint density at radius 2 is 1.75 bits per heavy atom. The van der Waals surface area contributed by atoms with Gasteiger partial charge in [0.15, 0.2) is 11.6 Å². The molecule has 0 aliphatic carbocycles. The predicted octanol–water partition coefficient (Wildman–Crippen LogP) is 4.03. The van der Waals surface area contributed by atoms with Gasteiger partial charge in [0.05, 0.1) is 5.60 Å². The van der Waals surface area contributed by atoms with E-state index in [4.69, 9.17) is 0 Å². The van der Waals surface area contributed by atoms with Crippen LogP contribution < -0.4 is 0 Å². The molecule has 2 aromatic carbocycles.